The van der Waals surface area contributed by atoms with E-state index in [0.29, 0.717) is 29.6 Å². The third-order valence-corrected chi connectivity index (χ3v) is 13.6. The predicted molar refractivity (Wildman–Crippen MR) is 204 cm³/mol. The van der Waals surface area contributed by atoms with E-state index in [4.69, 9.17) is 4.74 Å². The van der Waals surface area contributed by atoms with Gasteiger partial charge < -0.3 is 0 Å². The molecule has 4 rings (SSSR count). The summed E-state index contributed by atoms with van der Waals surface area (Å²) >= 11 is -1.09. The Morgan fingerprint density at radius 2 is 1.58 bits per heavy atom. The Balaban J connectivity index is 1.56. The van der Waals surface area contributed by atoms with Gasteiger partial charge in [-0.1, -0.05) is 0 Å². The molecule has 1 aromatic carbocycles. The minimum atomic E-state index is -1.09. The molecule has 0 aliphatic heterocycles. The van der Waals surface area contributed by atoms with Crippen molar-refractivity contribution >= 4 is 43.9 Å². The summed E-state index contributed by atoms with van der Waals surface area (Å²) in [5.41, 5.74) is 0.401. The van der Waals surface area contributed by atoms with Gasteiger partial charge in [0.05, 0.1) is 0 Å². The molecule has 5 atom stereocenters. The number of hydrogen-bond acceptors (Lipinski definition) is 7. The van der Waals surface area contributed by atoms with Crippen LogP contribution in [0, 0.1) is 17.8 Å². The van der Waals surface area contributed by atoms with Crippen molar-refractivity contribution in [3.05, 3.63) is 48.5 Å². The zero-order valence-corrected chi connectivity index (χ0v) is 33.7. The second-order valence-corrected chi connectivity index (χ2v) is 18.7. The van der Waals surface area contributed by atoms with Gasteiger partial charge in [-0.2, -0.15) is 0 Å². The second kappa shape index (κ2) is 20.3. The van der Waals surface area contributed by atoms with Crippen molar-refractivity contribution in [3.8, 4) is 0 Å². The second-order valence-electron chi connectivity index (χ2n) is 15.8. The number of carbonyl (C=O) groups is 4. The molecule has 2 unspecified atom stereocenters. The number of carbonyl (C=O) groups excluding carboxylic acids is 4. The fourth-order valence-corrected chi connectivity index (χ4v) is 10.6. The number of benzene rings is 1. The van der Waals surface area contributed by atoms with Gasteiger partial charge in [-0.15, -0.1) is 0 Å². The van der Waals surface area contributed by atoms with E-state index in [1.54, 1.807) is 65.2 Å². The number of hydrogen-bond donors (Lipinski definition) is 4. The predicted octanol–water partition coefficient (Wildman–Crippen LogP) is 6.34. The van der Waals surface area contributed by atoms with E-state index in [-0.39, 0.29) is 27.5 Å². The summed E-state index contributed by atoms with van der Waals surface area (Å²) in [6, 6.07) is 6.98. The first-order valence-corrected chi connectivity index (χ1v) is 21.4. The van der Waals surface area contributed by atoms with Crippen LogP contribution in [-0.2, 0) is 25.5 Å². The molecule has 0 saturated heterocycles. The first kappa shape index (κ1) is 41.6. The van der Waals surface area contributed by atoms with Gasteiger partial charge in [-0.25, -0.2) is 0 Å². The average Bonchev–Trinajstić information content (AvgIpc) is 3.64. The maximum absolute atomic E-state index is 14.4. The van der Waals surface area contributed by atoms with Crippen LogP contribution in [0.1, 0.15) is 117 Å². The van der Waals surface area contributed by atoms with Crippen LogP contribution in [-0.4, -0.2) is 84.1 Å². The van der Waals surface area contributed by atoms with Crippen molar-refractivity contribution in [1.29, 1.82) is 0 Å². The first-order valence-electron chi connectivity index (χ1n) is 19.3. The van der Waals surface area contributed by atoms with E-state index in [1.807, 2.05) is 6.07 Å². The summed E-state index contributed by atoms with van der Waals surface area (Å²) in [4.78, 5) is 63.6. The number of nitrogens with one attached hydrogen (secondary N) is 3. The molecule has 2 fully saturated rings. The number of para-hydroxylation sites is 1. The van der Waals surface area contributed by atoms with Gasteiger partial charge in [0.25, 0.3) is 0 Å². The molecular formula is C40H61AsN5O6. The van der Waals surface area contributed by atoms with Gasteiger partial charge in [0.2, 0.25) is 0 Å². The molecule has 287 valence electrons. The average molecular weight is 783 g/mol. The summed E-state index contributed by atoms with van der Waals surface area (Å²) in [5.74, 6) is 0.0380. The number of ether oxygens (including phenoxy) is 1. The summed E-state index contributed by atoms with van der Waals surface area (Å²) in [7, 11) is 1.66. The minimum absolute atomic E-state index is 0.0463. The summed E-state index contributed by atoms with van der Waals surface area (Å²) in [6.45, 7) is 6.93. The van der Waals surface area contributed by atoms with Crippen molar-refractivity contribution in [3.63, 3.8) is 0 Å². The fourth-order valence-electron chi connectivity index (χ4n) is 7.71. The number of aliphatic hydroxyl groups excluding tert-OH is 1. The zero-order chi connectivity index (χ0) is 37.7. The van der Waals surface area contributed by atoms with Gasteiger partial charge in [-0.05, 0) is 0 Å². The SMILES string of the molecule is CNC(=O)[C@H](CC1CCCCC1)C[C@H](O)[C@H](CC1CCCCC1)[As]C(=O)C(Cc1cnc[nH]1)NC(=O)C(C)N(C(=O)OC(C)(C)C)c1ccccc1. The van der Waals surface area contributed by atoms with Gasteiger partial charge >= 0.3 is 318 Å². The standard InChI is InChI=1S/C40H61AsN5O6/c1-27(46(32-19-13-8-14-20-32)39(51)52-40(2,3)4)37(49)45-34(24-31-25-43-26-44-31)36(48)41-33(22-29-17-11-7-12-18-29)35(47)23-30(38(50)42-5)21-28-15-9-6-10-16-28/h8,13-14,19-20,25-30,33-35,47H,6-7,9-12,15-18,21-24H2,1-5H3,(H,42,50)(H,43,44)(H,45,49)/t27?,30-,33+,34?,35+/m1/s1. The van der Waals surface area contributed by atoms with E-state index in [1.165, 1.54) is 36.9 Å². The number of nitrogens with zero attached hydrogens (tertiary/aromatic N) is 2. The van der Waals surface area contributed by atoms with Crippen LogP contribution in [0.15, 0.2) is 42.9 Å². The van der Waals surface area contributed by atoms with Crippen LogP contribution in [0.25, 0.3) is 0 Å². The quantitative estimate of drug-likeness (QED) is 0.137. The number of aromatic amines is 1. The first-order chi connectivity index (χ1) is 24.8. The molecule has 1 radical (unpaired) electrons. The Kier molecular flexibility index (Phi) is 16.3. The van der Waals surface area contributed by atoms with E-state index < -0.39 is 51.5 Å². The van der Waals surface area contributed by atoms with Crippen LogP contribution in [0.4, 0.5) is 10.5 Å². The van der Waals surface area contributed by atoms with Crippen molar-refractivity contribution < 1.29 is 29.0 Å². The topological polar surface area (TPSA) is 154 Å². The van der Waals surface area contributed by atoms with Crippen LogP contribution in [0.3, 0.4) is 0 Å². The molecule has 3 amide bonds. The van der Waals surface area contributed by atoms with Gasteiger partial charge in [0.15, 0.2) is 0 Å². The van der Waals surface area contributed by atoms with Crippen molar-refractivity contribution in [2.45, 2.75) is 146 Å². The van der Waals surface area contributed by atoms with E-state index in [0.717, 1.165) is 51.4 Å². The molecule has 12 heteroatoms. The van der Waals surface area contributed by atoms with Crippen molar-refractivity contribution in [1.82, 2.24) is 20.6 Å². The monoisotopic (exact) mass is 782 g/mol. The fraction of sp³-hybridized carbons (Fsp3) is 0.675. The molecule has 2 saturated carbocycles. The van der Waals surface area contributed by atoms with Crippen LogP contribution >= 0.6 is 0 Å². The Morgan fingerprint density at radius 1 is 0.962 bits per heavy atom. The molecule has 4 N–H and O–H groups in total. The number of amides is 3. The van der Waals surface area contributed by atoms with Gasteiger partial charge in [-0.3, -0.25) is 0 Å². The Hall–Kier alpha value is -3.17. The Labute approximate surface area is 316 Å². The van der Waals surface area contributed by atoms with E-state index >= 15 is 0 Å². The normalized spacial score (nSPS) is 19.0. The van der Waals surface area contributed by atoms with Crippen LogP contribution < -0.4 is 15.5 Å². The van der Waals surface area contributed by atoms with Crippen molar-refractivity contribution in [2.75, 3.05) is 11.9 Å². The van der Waals surface area contributed by atoms with Gasteiger partial charge in [0.1, 0.15) is 0 Å². The number of aliphatic hydroxyl groups is 1. The molecule has 0 spiro atoms. The summed E-state index contributed by atoms with van der Waals surface area (Å²) in [6.07, 6.45) is 15.2. The number of rotatable bonds is 17. The van der Waals surface area contributed by atoms with Gasteiger partial charge in [0, 0.05) is 0 Å². The Bertz CT molecular complexity index is 1410. The molecule has 1 heterocycles. The van der Waals surface area contributed by atoms with E-state index in [2.05, 4.69) is 20.6 Å². The number of H-pyrrole nitrogens is 1. The summed E-state index contributed by atoms with van der Waals surface area (Å²) in [5, 5.41) is 17.7. The molecule has 2 aliphatic carbocycles. The maximum atomic E-state index is 14.4. The molecule has 0 bridgehead atoms. The number of aromatic nitrogens is 2. The molecule has 11 nitrogen and oxygen atoms in total. The Morgan fingerprint density at radius 3 is 2.13 bits per heavy atom. The van der Waals surface area contributed by atoms with Crippen LogP contribution in [0.5, 0.6) is 0 Å². The third kappa shape index (κ3) is 13.0. The zero-order valence-electron chi connectivity index (χ0n) is 31.8. The molecular weight excluding hydrogens is 721 g/mol. The third-order valence-electron chi connectivity index (χ3n) is 10.5. The molecule has 2 aliphatic rings. The molecule has 52 heavy (non-hydrogen) atoms. The summed E-state index contributed by atoms with van der Waals surface area (Å²) < 4.78 is 5.31. The van der Waals surface area contributed by atoms with Crippen LogP contribution in [0.2, 0.25) is 4.71 Å². The number of anilines is 1. The molecule has 1 aromatic heterocycles. The number of imidazole rings is 1. The molecule has 2 aromatic rings. The van der Waals surface area contributed by atoms with E-state index in [9.17, 15) is 24.3 Å². The van der Waals surface area contributed by atoms with Crippen molar-refractivity contribution in [2.24, 2.45) is 17.8 Å².